The molecule has 0 radical (unpaired) electrons. The lowest BCUT2D eigenvalue weighted by Gasteiger charge is -2.20. The summed E-state index contributed by atoms with van der Waals surface area (Å²) >= 11 is 0. The third-order valence-corrected chi connectivity index (χ3v) is 7.37. The monoisotopic (exact) mass is 486 g/mol. The van der Waals surface area contributed by atoms with E-state index in [-0.39, 0.29) is 0 Å². The largest absolute Gasteiger partial charge is 0.0622 e. The second-order valence-electron chi connectivity index (χ2n) is 9.89. The molecule has 0 saturated heterocycles. The van der Waals surface area contributed by atoms with Gasteiger partial charge in [0, 0.05) is 0 Å². The molecule has 0 aliphatic heterocycles. The zero-order valence-corrected chi connectivity index (χ0v) is 21.9. The van der Waals surface area contributed by atoms with Gasteiger partial charge in [-0.05, 0) is 98.8 Å². The Morgan fingerprint density at radius 3 is 1.11 bits per heavy atom. The van der Waals surface area contributed by atoms with Gasteiger partial charge in [-0.15, -0.1) is 0 Å². The minimum atomic E-state index is 1.22. The van der Waals surface area contributed by atoms with Crippen LogP contribution < -0.4 is 0 Å². The van der Waals surface area contributed by atoms with Gasteiger partial charge >= 0.3 is 0 Å². The average molecular weight is 487 g/mol. The third kappa shape index (κ3) is 4.58. The zero-order chi connectivity index (χ0) is 25.9. The summed E-state index contributed by atoms with van der Waals surface area (Å²) in [6.07, 6.45) is 0. The maximum Gasteiger partial charge on any atom is -0.00262 e. The predicted molar refractivity (Wildman–Crippen MR) is 163 cm³/mol. The summed E-state index contributed by atoms with van der Waals surface area (Å²) in [7, 11) is 0. The molecule has 0 bridgehead atoms. The van der Waals surface area contributed by atoms with E-state index in [9.17, 15) is 0 Å². The SMILES string of the molecule is Cc1ccccc1-c1cccc(-c2ccccc2C)c1-c1cc(-c2ccccc2)cc(-c2ccccc2)c1. The molecule has 0 heterocycles. The molecular formula is C38H30. The van der Waals surface area contributed by atoms with Crippen LogP contribution in [0.2, 0.25) is 0 Å². The van der Waals surface area contributed by atoms with Crippen LogP contribution >= 0.6 is 0 Å². The minimum Gasteiger partial charge on any atom is -0.0622 e. The Bertz CT molecular complexity index is 1590. The van der Waals surface area contributed by atoms with Gasteiger partial charge in [0.25, 0.3) is 0 Å². The van der Waals surface area contributed by atoms with Gasteiger partial charge in [0.05, 0.1) is 0 Å². The second-order valence-corrected chi connectivity index (χ2v) is 9.89. The van der Waals surface area contributed by atoms with Crippen molar-refractivity contribution in [1.82, 2.24) is 0 Å². The number of rotatable bonds is 5. The number of benzene rings is 6. The smallest absolute Gasteiger partial charge is 0.00262 e. The van der Waals surface area contributed by atoms with Gasteiger partial charge in [-0.2, -0.15) is 0 Å². The van der Waals surface area contributed by atoms with Crippen LogP contribution in [0.25, 0.3) is 55.6 Å². The predicted octanol–water partition coefficient (Wildman–Crippen LogP) is 10.6. The maximum absolute atomic E-state index is 2.36. The summed E-state index contributed by atoms with van der Waals surface area (Å²) in [5, 5.41) is 0. The molecule has 0 heteroatoms. The lowest BCUT2D eigenvalue weighted by atomic mass is 9.83. The molecule has 6 rings (SSSR count). The molecule has 0 aliphatic rings. The highest BCUT2D eigenvalue weighted by Gasteiger charge is 2.18. The van der Waals surface area contributed by atoms with Crippen molar-refractivity contribution in [3.63, 3.8) is 0 Å². The molecular weight excluding hydrogens is 456 g/mol. The summed E-state index contributed by atoms with van der Waals surface area (Å²) in [5.41, 5.74) is 15.0. The fraction of sp³-hybridized carbons (Fsp3) is 0.0526. The molecule has 0 N–H and O–H groups in total. The first kappa shape index (κ1) is 23.7. The van der Waals surface area contributed by atoms with Gasteiger partial charge in [-0.25, -0.2) is 0 Å². The van der Waals surface area contributed by atoms with Crippen molar-refractivity contribution in [1.29, 1.82) is 0 Å². The van der Waals surface area contributed by atoms with Crippen LogP contribution in [0.15, 0.2) is 146 Å². The number of aryl methyl sites for hydroxylation is 2. The topological polar surface area (TPSA) is 0 Å². The van der Waals surface area contributed by atoms with E-state index >= 15 is 0 Å². The van der Waals surface area contributed by atoms with E-state index in [1.807, 2.05) is 0 Å². The van der Waals surface area contributed by atoms with E-state index < -0.39 is 0 Å². The Balaban J connectivity index is 1.70. The zero-order valence-electron chi connectivity index (χ0n) is 21.9. The van der Waals surface area contributed by atoms with Crippen molar-refractivity contribution < 1.29 is 0 Å². The molecule has 0 saturated carbocycles. The molecule has 6 aromatic carbocycles. The molecule has 0 nitrogen and oxygen atoms in total. The van der Waals surface area contributed by atoms with Crippen LogP contribution in [0.1, 0.15) is 11.1 Å². The fourth-order valence-electron chi connectivity index (χ4n) is 5.43. The first-order valence-corrected chi connectivity index (χ1v) is 13.2. The number of hydrogen-bond donors (Lipinski definition) is 0. The molecule has 0 aromatic heterocycles. The molecule has 0 spiro atoms. The lowest BCUT2D eigenvalue weighted by molar-refractivity contribution is 1.44. The van der Waals surface area contributed by atoms with Crippen LogP contribution in [-0.2, 0) is 0 Å². The van der Waals surface area contributed by atoms with Crippen LogP contribution in [0.3, 0.4) is 0 Å². The first-order valence-electron chi connectivity index (χ1n) is 13.2. The summed E-state index contributed by atoms with van der Waals surface area (Å²) < 4.78 is 0. The Kier molecular flexibility index (Phi) is 6.46. The van der Waals surface area contributed by atoms with Gasteiger partial charge in [0.1, 0.15) is 0 Å². The van der Waals surface area contributed by atoms with E-state index in [0.29, 0.717) is 0 Å². The van der Waals surface area contributed by atoms with Gasteiger partial charge in [-0.1, -0.05) is 127 Å². The quantitative estimate of drug-likeness (QED) is 0.227. The summed E-state index contributed by atoms with van der Waals surface area (Å²) in [6, 6.07) is 52.6. The molecule has 6 aromatic rings. The molecule has 0 amide bonds. The third-order valence-electron chi connectivity index (χ3n) is 7.37. The van der Waals surface area contributed by atoms with E-state index in [1.54, 1.807) is 0 Å². The van der Waals surface area contributed by atoms with E-state index in [1.165, 1.54) is 66.8 Å². The molecule has 182 valence electrons. The summed E-state index contributed by atoms with van der Waals surface area (Å²) in [5.74, 6) is 0. The van der Waals surface area contributed by atoms with Crippen molar-refractivity contribution in [3.05, 3.63) is 157 Å². The molecule has 0 fully saturated rings. The molecule has 0 atom stereocenters. The first-order chi connectivity index (χ1) is 18.7. The van der Waals surface area contributed by atoms with Crippen molar-refractivity contribution in [2.45, 2.75) is 13.8 Å². The van der Waals surface area contributed by atoms with E-state index in [2.05, 4.69) is 159 Å². The van der Waals surface area contributed by atoms with Gasteiger partial charge in [0.15, 0.2) is 0 Å². The van der Waals surface area contributed by atoms with Crippen molar-refractivity contribution >= 4 is 0 Å². The Morgan fingerprint density at radius 2 is 0.658 bits per heavy atom. The Morgan fingerprint density at radius 1 is 0.289 bits per heavy atom. The van der Waals surface area contributed by atoms with E-state index in [0.717, 1.165) is 0 Å². The van der Waals surface area contributed by atoms with Crippen LogP contribution in [0, 0.1) is 13.8 Å². The van der Waals surface area contributed by atoms with Gasteiger partial charge in [-0.3, -0.25) is 0 Å². The lowest BCUT2D eigenvalue weighted by Crippen LogP contribution is -1.94. The fourth-order valence-corrected chi connectivity index (χ4v) is 5.43. The van der Waals surface area contributed by atoms with Crippen LogP contribution in [0.5, 0.6) is 0 Å². The average Bonchev–Trinajstić information content (AvgIpc) is 2.98. The standard InChI is InChI=1S/C38H30/c1-27-14-9-11-20-34(27)36-22-13-23-37(35-21-12-10-15-28(35)2)38(36)33-25-31(29-16-5-3-6-17-29)24-32(26-33)30-18-7-4-8-19-30/h3-26H,1-2H3. The number of hydrogen-bond acceptors (Lipinski definition) is 0. The van der Waals surface area contributed by atoms with Gasteiger partial charge in [0.2, 0.25) is 0 Å². The highest BCUT2D eigenvalue weighted by molar-refractivity contribution is 5.97. The Labute approximate surface area is 225 Å². The van der Waals surface area contributed by atoms with Crippen molar-refractivity contribution in [2.24, 2.45) is 0 Å². The van der Waals surface area contributed by atoms with Crippen molar-refractivity contribution in [2.75, 3.05) is 0 Å². The van der Waals surface area contributed by atoms with Crippen molar-refractivity contribution in [3.8, 4) is 55.6 Å². The highest BCUT2D eigenvalue weighted by atomic mass is 14.2. The van der Waals surface area contributed by atoms with E-state index in [4.69, 9.17) is 0 Å². The summed E-state index contributed by atoms with van der Waals surface area (Å²) in [4.78, 5) is 0. The summed E-state index contributed by atoms with van der Waals surface area (Å²) in [6.45, 7) is 4.41. The second kappa shape index (κ2) is 10.4. The van der Waals surface area contributed by atoms with Gasteiger partial charge < -0.3 is 0 Å². The minimum absolute atomic E-state index is 1.22. The molecule has 0 aliphatic carbocycles. The molecule has 0 unspecified atom stereocenters. The normalized spacial score (nSPS) is 10.9. The van der Waals surface area contributed by atoms with Crippen LogP contribution in [-0.4, -0.2) is 0 Å². The Hall–Kier alpha value is -4.68. The highest BCUT2D eigenvalue weighted by Crippen LogP contribution is 2.44. The molecule has 38 heavy (non-hydrogen) atoms. The maximum atomic E-state index is 2.36. The van der Waals surface area contributed by atoms with Crippen LogP contribution in [0.4, 0.5) is 0 Å².